The molecule has 0 aliphatic rings. The van der Waals surface area contributed by atoms with E-state index in [1.54, 1.807) is 10.9 Å². The first-order valence-electron chi connectivity index (χ1n) is 5.56. The second-order valence-electron chi connectivity index (χ2n) is 3.57. The summed E-state index contributed by atoms with van der Waals surface area (Å²) in [6, 6.07) is 0. The maximum atomic E-state index is 9.95. The molecule has 0 aromatic carbocycles. The number of hydrogen-bond donors (Lipinski definition) is 1. The number of aromatic nitrogens is 2. The Hall–Kier alpha value is -0.910. The van der Waals surface area contributed by atoms with Gasteiger partial charge in [-0.2, -0.15) is 5.10 Å². The monoisotopic (exact) mass is 228 g/mol. The van der Waals surface area contributed by atoms with E-state index in [0.717, 1.165) is 5.56 Å². The van der Waals surface area contributed by atoms with Crippen LogP contribution in [0.3, 0.4) is 0 Å². The molecule has 0 amide bonds. The molecule has 16 heavy (non-hydrogen) atoms. The number of hydrogen-bond acceptors (Lipinski definition) is 4. The molecule has 0 radical (unpaired) electrons. The quantitative estimate of drug-likeness (QED) is 0.699. The zero-order chi connectivity index (χ0) is 12.0. The third kappa shape index (κ3) is 3.92. The van der Waals surface area contributed by atoms with Crippen molar-refractivity contribution in [3.8, 4) is 0 Å². The van der Waals surface area contributed by atoms with E-state index in [9.17, 15) is 5.11 Å². The summed E-state index contributed by atoms with van der Waals surface area (Å²) in [5, 5.41) is 14.0. The Labute approximate surface area is 96.0 Å². The zero-order valence-electron chi connectivity index (χ0n) is 10.1. The molecule has 92 valence electrons. The number of aliphatic hydroxyl groups excluding tert-OH is 1. The van der Waals surface area contributed by atoms with E-state index in [2.05, 4.69) is 5.10 Å². The Bertz CT molecular complexity index is 295. The number of rotatable bonds is 7. The molecule has 5 heteroatoms. The molecular weight excluding hydrogens is 208 g/mol. The predicted octanol–water partition coefficient (Wildman–Crippen LogP) is 0.723. The van der Waals surface area contributed by atoms with Gasteiger partial charge in [-0.15, -0.1) is 0 Å². The second kappa shape index (κ2) is 6.62. The fourth-order valence-corrected chi connectivity index (χ4v) is 1.51. The van der Waals surface area contributed by atoms with Crippen LogP contribution < -0.4 is 0 Å². The van der Waals surface area contributed by atoms with Crippen molar-refractivity contribution in [2.24, 2.45) is 7.05 Å². The summed E-state index contributed by atoms with van der Waals surface area (Å²) < 4.78 is 12.4. The van der Waals surface area contributed by atoms with Gasteiger partial charge in [-0.05, 0) is 19.4 Å². The number of ether oxygens (including phenoxy) is 2. The van der Waals surface area contributed by atoms with Gasteiger partial charge in [0.1, 0.15) is 6.10 Å². The van der Waals surface area contributed by atoms with E-state index in [1.165, 1.54) is 0 Å². The van der Waals surface area contributed by atoms with Gasteiger partial charge in [0.2, 0.25) is 0 Å². The van der Waals surface area contributed by atoms with Crippen molar-refractivity contribution < 1.29 is 14.6 Å². The van der Waals surface area contributed by atoms with Gasteiger partial charge in [0.15, 0.2) is 6.29 Å². The normalized spacial score (nSPS) is 13.3. The first kappa shape index (κ1) is 13.2. The van der Waals surface area contributed by atoms with E-state index >= 15 is 0 Å². The van der Waals surface area contributed by atoms with Crippen LogP contribution in [0.15, 0.2) is 12.4 Å². The smallest absolute Gasteiger partial charge is 0.183 e. The Balaban J connectivity index is 2.50. The molecule has 0 bridgehead atoms. The summed E-state index contributed by atoms with van der Waals surface area (Å²) in [4.78, 5) is 0. The van der Waals surface area contributed by atoms with Crippen LogP contribution in [0, 0.1) is 0 Å². The summed E-state index contributed by atoms with van der Waals surface area (Å²) >= 11 is 0. The van der Waals surface area contributed by atoms with Gasteiger partial charge in [0, 0.05) is 32.9 Å². The van der Waals surface area contributed by atoms with Crippen LogP contribution in [0.4, 0.5) is 0 Å². The Morgan fingerprint density at radius 2 is 2.00 bits per heavy atom. The third-order valence-electron chi connectivity index (χ3n) is 2.18. The largest absolute Gasteiger partial charge is 0.387 e. The van der Waals surface area contributed by atoms with Crippen molar-refractivity contribution in [3.05, 3.63) is 18.0 Å². The third-order valence-corrected chi connectivity index (χ3v) is 2.18. The van der Waals surface area contributed by atoms with E-state index in [0.29, 0.717) is 19.6 Å². The second-order valence-corrected chi connectivity index (χ2v) is 3.57. The maximum absolute atomic E-state index is 9.95. The van der Waals surface area contributed by atoms with Gasteiger partial charge in [0.05, 0.1) is 6.20 Å². The highest BCUT2D eigenvalue weighted by Crippen LogP contribution is 2.09. The van der Waals surface area contributed by atoms with Gasteiger partial charge in [-0.25, -0.2) is 0 Å². The van der Waals surface area contributed by atoms with Gasteiger partial charge in [0.25, 0.3) is 0 Å². The molecule has 1 heterocycles. The lowest BCUT2D eigenvalue weighted by molar-refractivity contribution is -0.188. The SMILES string of the molecule is CCOC(OCC)C(O)Cc1cnn(C)c1. The van der Waals surface area contributed by atoms with Crippen LogP contribution in [-0.2, 0) is 22.9 Å². The molecule has 1 aromatic rings. The van der Waals surface area contributed by atoms with E-state index < -0.39 is 12.4 Å². The molecule has 0 aliphatic heterocycles. The molecule has 1 unspecified atom stereocenters. The summed E-state index contributed by atoms with van der Waals surface area (Å²) in [6.07, 6.45) is 2.87. The Kier molecular flexibility index (Phi) is 5.45. The molecule has 0 aliphatic carbocycles. The minimum Gasteiger partial charge on any atom is -0.387 e. The van der Waals surface area contributed by atoms with E-state index in [4.69, 9.17) is 9.47 Å². The molecule has 0 spiro atoms. The predicted molar refractivity (Wildman–Crippen MR) is 60.0 cm³/mol. The summed E-state index contributed by atoms with van der Waals surface area (Å²) in [7, 11) is 1.85. The van der Waals surface area contributed by atoms with Crippen molar-refractivity contribution in [1.82, 2.24) is 9.78 Å². The average molecular weight is 228 g/mol. The van der Waals surface area contributed by atoms with Gasteiger partial charge in [-0.3, -0.25) is 4.68 Å². The van der Waals surface area contributed by atoms with Crippen molar-refractivity contribution >= 4 is 0 Å². The van der Waals surface area contributed by atoms with Crippen molar-refractivity contribution in [2.45, 2.75) is 32.7 Å². The minimum atomic E-state index is -0.663. The Morgan fingerprint density at radius 3 is 2.44 bits per heavy atom. The summed E-state index contributed by atoms with van der Waals surface area (Å²) in [6.45, 7) is 4.80. The summed E-state index contributed by atoms with van der Waals surface area (Å²) in [5.41, 5.74) is 0.972. The van der Waals surface area contributed by atoms with Crippen LogP contribution in [0.2, 0.25) is 0 Å². The van der Waals surface area contributed by atoms with Gasteiger partial charge in [-0.1, -0.05) is 0 Å². The molecule has 0 fully saturated rings. The van der Waals surface area contributed by atoms with E-state index in [-0.39, 0.29) is 0 Å². The Morgan fingerprint density at radius 1 is 1.38 bits per heavy atom. The maximum Gasteiger partial charge on any atom is 0.183 e. The van der Waals surface area contributed by atoms with E-state index in [1.807, 2.05) is 27.1 Å². The number of aliphatic hydroxyl groups is 1. The highest BCUT2D eigenvalue weighted by Gasteiger charge is 2.20. The number of aryl methyl sites for hydroxylation is 1. The summed E-state index contributed by atoms with van der Waals surface area (Å²) in [5.74, 6) is 0. The molecule has 1 rings (SSSR count). The molecule has 1 aromatic heterocycles. The first-order valence-corrected chi connectivity index (χ1v) is 5.56. The van der Waals surface area contributed by atoms with Crippen LogP contribution >= 0.6 is 0 Å². The minimum absolute atomic E-state index is 0.485. The van der Waals surface area contributed by atoms with Crippen LogP contribution in [-0.4, -0.2) is 40.5 Å². The molecule has 1 atom stereocenters. The molecule has 0 saturated heterocycles. The molecule has 5 nitrogen and oxygen atoms in total. The molecule has 0 saturated carbocycles. The van der Waals surface area contributed by atoms with Crippen molar-refractivity contribution in [3.63, 3.8) is 0 Å². The van der Waals surface area contributed by atoms with Crippen molar-refractivity contribution in [1.29, 1.82) is 0 Å². The lowest BCUT2D eigenvalue weighted by atomic mass is 10.1. The van der Waals surface area contributed by atoms with Gasteiger partial charge < -0.3 is 14.6 Å². The average Bonchev–Trinajstić information content (AvgIpc) is 2.63. The van der Waals surface area contributed by atoms with Crippen molar-refractivity contribution in [2.75, 3.05) is 13.2 Å². The number of nitrogens with zero attached hydrogens (tertiary/aromatic N) is 2. The zero-order valence-corrected chi connectivity index (χ0v) is 10.1. The molecule has 1 N–H and O–H groups in total. The van der Waals surface area contributed by atoms with Gasteiger partial charge >= 0.3 is 0 Å². The standard InChI is InChI=1S/C11H20N2O3/c1-4-15-11(16-5-2)10(14)6-9-7-12-13(3)8-9/h7-8,10-11,14H,4-6H2,1-3H3. The fourth-order valence-electron chi connectivity index (χ4n) is 1.51. The lowest BCUT2D eigenvalue weighted by Crippen LogP contribution is -2.33. The van der Waals surface area contributed by atoms with Crippen LogP contribution in [0.25, 0.3) is 0 Å². The van der Waals surface area contributed by atoms with Crippen LogP contribution in [0.1, 0.15) is 19.4 Å². The lowest BCUT2D eigenvalue weighted by Gasteiger charge is -2.22. The van der Waals surface area contributed by atoms with Crippen LogP contribution in [0.5, 0.6) is 0 Å². The highest BCUT2D eigenvalue weighted by molar-refractivity contribution is 5.05. The highest BCUT2D eigenvalue weighted by atomic mass is 16.7. The first-order chi connectivity index (χ1) is 7.67. The topological polar surface area (TPSA) is 56.5 Å². The molecular formula is C11H20N2O3. The fraction of sp³-hybridized carbons (Fsp3) is 0.727.